The molecule has 84 valence electrons. The van der Waals surface area contributed by atoms with Gasteiger partial charge in [0.1, 0.15) is 0 Å². The first kappa shape index (κ1) is 12.9. The summed E-state index contributed by atoms with van der Waals surface area (Å²) in [4.78, 5) is 0. The Bertz CT molecular complexity index is 270. The number of rotatable bonds is 6. The zero-order chi connectivity index (χ0) is 11.1. The predicted octanol–water partition coefficient (Wildman–Crippen LogP) is 4.22. The summed E-state index contributed by atoms with van der Waals surface area (Å²) in [5, 5.41) is 0.760. The molecule has 0 aliphatic heterocycles. The van der Waals surface area contributed by atoms with Crippen LogP contribution in [0.15, 0.2) is 24.3 Å². The molecule has 15 heavy (non-hydrogen) atoms. The zero-order valence-electron chi connectivity index (χ0n) is 9.07. The molecule has 1 aromatic carbocycles. The van der Waals surface area contributed by atoms with Gasteiger partial charge in [-0.2, -0.15) is 0 Å². The van der Waals surface area contributed by atoms with Crippen molar-refractivity contribution in [2.45, 2.75) is 20.0 Å². The van der Waals surface area contributed by atoms with Crippen molar-refractivity contribution < 1.29 is 9.05 Å². The molecule has 1 rings (SSSR count). The van der Waals surface area contributed by atoms with E-state index >= 15 is 0 Å². The first-order chi connectivity index (χ1) is 7.26. The van der Waals surface area contributed by atoms with Gasteiger partial charge in [0.15, 0.2) is 8.38 Å². The lowest BCUT2D eigenvalue weighted by molar-refractivity contribution is 0.268. The average Bonchev–Trinajstić information content (AvgIpc) is 2.22. The molecule has 0 heterocycles. The highest BCUT2D eigenvalue weighted by Crippen LogP contribution is 2.41. The molecule has 0 aliphatic carbocycles. The van der Waals surface area contributed by atoms with Crippen LogP contribution in [0.3, 0.4) is 0 Å². The second kappa shape index (κ2) is 7.19. The minimum atomic E-state index is -0.790. The molecular formula is C11H16ClO2P. The highest BCUT2D eigenvalue weighted by molar-refractivity contribution is 7.46. The molecule has 0 atom stereocenters. The van der Waals surface area contributed by atoms with Gasteiger partial charge in [-0.1, -0.05) is 23.7 Å². The van der Waals surface area contributed by atoms with Crippen molar-refractivity contribution in [3.8, 4) is 0 Å². The van der Waals surface area contributed by atoms with E-state index in [-0.39, 0.29) is 0 Å². The molecule has 0 bridgehead atoms. The molecule has 0 aliphatic rings. The number of benzene rings is 1. The zero-order valence-corrected chi connectivity index (χ0v) is 10.7. The van der Waals surface area contributed by atoms with Gasteiger partial charge in [0.25, 0.3) is 0 Å². The van der Waals surface area contributed by atoms with Crippen LogP contribution in [0, 0.1) is 0 Å². The molecule has 1 aromatic rings. The van der Waals surface area contributed by atoms with Gasteiger partial charge in [-0.3, -0.25) is 0 Å². The van der Waals surface area contributed by atoms with Gasteiger partial charge in [-0.05, 0) is 31.5 Å². The molecule has 0 saturated carbocycles. The molecule has 0 aromatic heterocycles. The Hall–Kier alpha value is -0.140. The van der Waals surface area contributed by atoms with Crippen molar-refractivity contribution in [3.63, 3.8) is 0 Å². The smallest absolute Gasteiger partial charge is 0.175 e. The second-order valence-corrected chi connectivity index (χ2v) is 4.89. The Morgan fingerprint density at radius 2 is 1.60 bits per heavy atom. The standard InChI is InChI=1S/C11H16ClO2P/c1-3-13-15(14-4-2)9-10-5-7-11(12)8-6-10/h5-8H,3-4,9H2,1-2H3. The van der Waals surface area contributed by atoms with Crippen LogP contribution in [0.5, 0.6) is 0 Å². The first-order valence-corrected chi connectivity index (χ1v) is 6.78. The van der Waals surface area contributed by atoms with Gasteiger partial charge in [-0.25, -0.2) is 0 Å². The van der Waals surface area contributed by atoms with E-state index in [0.717, 1.165) is 11.2 Å². The van der Waals surface area contributed by atoms with E-state index in [1.807, 2.05) is 38.1 Å². The van der Waals surface area contributed by atoms with Crippen LogP contribution < -0.4 is 0 Å². The van der Waals surface area contributed by atoms with Gasteiger partial charge in [0.05, 0.1) is 13.2 Å². The number of halogens is 1. The summed E-state index contributed by atoms with van der Waals surface area (Å²) in [6.45, 7) is 5.35. The molecular weight excluding hydrogens is 231 g/mol. The Morgan fingerprint density at radius 3 is 2.07 bits per heavy atom. The van der Waals surface area contributed by atoms with Crippen molar-refractivity contribution in [3.05, 3.63) is 34.9 Å². The third kappa shape index (κ3) is 4.94. The topological polar surface area (TPSA) is 18.5 Å². The maximum Gasteiger partial charge on any atom is 0.175 e. The normalized spacial score (nSPS) is 10.9. The Morgan fingerprint density at radius 1 is 1.07 bits per heavy atom. The van der Waals surface area contributed by atoms with Crippen LogP contribution in [0.2, 0.25) is 5.02 Å². The monoisotopic (exact) mass is 246 g/mol. The van der Waals surface area contributed by atoms with Crippen LogP contribution in [0.1, 0.15) is 19.4 Å². The summed E-state index contributed by atoms with van der Waals surface area (Å²) in [5.74, 6) is 0. The fourth-order valence-corrected chi connectivity index (χ4v) is 2.62. The summed E-state index contributed by atoms with van der Waals surface area (Å²) in [7, 11) is -0.790. The molecule has 0 saturated heterocycles. The van der Waals surface area contributed by atoms with E-state index in [2.05, 4.69) is 0 Å². The molecule has 0 spiro atoms. The van der Waals surface area contributed by atoms with Gasteiger partial charge in [0.2, 0.25) is 0 Å². The van der Waals surface area contributed by atoms with Crippen LogP contribution in [-0.2, 0) is 15.2 Å². The third-order valence-corrected chi connectivity index (χ3v) is 3.74. The van der Waals surface area contributed by atoms with E-state index in [9.17, 15) is 0 Å². The lowest BCUT2D eigenvalue weighted by Crippen LogP contribution is -1.94. The van der Waals surface area contributed by atoms with Gasteiger partial charge < -0.3 is 9.05 Å². The van der Waals surface area contributed by atoms with Crippen molar-refractivity contribution in [2.24, 2.45) is 0 Å². The van der Waals surface area contributed by atoms with Crippen molar-refractivity contribution in [1.82, 2.24) is 0 Å². The van der Waals surface area contributed by atoms with Crippen LogP contribution in [0.4, 0.5) is 0 Å². The summed E-state index contributed by atoms with van der Waals surface area (Å²) in [6.07, 6.45) is 0.828. The predicted molar refractivity (Wildman–Crippen MR) is 65.3 cm³/mol. The van der Waals surface area contributed by atoms with E-state index in [1.165, 1.54) is 5.56 Å². The van der Waals surface area contributed by atoms with Crippen molar-refractivity contribution >= 4 is 20.0 Å². The highest BCUT2D eigenvalue weighted by atomic mass is 35.5. The van der Waals surface area contributed by atoms with Crippen molar-refractivity contribution in [2.75, 3.05) is 13.2 Å². The molecule has 0 radical (unpaired) electrons. The molecule has 0 amide bonds. The number of hydrogen-bond acceptors (Lipinski definition) is 2. The lowest BCUT2D eigenvalue weighted by Gasteiger charge is -2.15. The molecule has 4 heteroatoms. The summed E-state index contributed by atoms with van der Waals surface area (Å²) >= 11 is 5.81. The van der Waals surface area contributed by atoms with Gasteiger partial charge >= 0.3 is 0 Å². The van der Waals surface area contributed by atoms with E-state index in [0.29, 0.717) is 13.2 Å². The quantitative estimate of drug-likeness (QED) is 0.700. The summed E-state index contributed by atoms with van der Waals surface area (Å²) in [6, 6.07) is 7.80. The third-order valence-electron chi connectivity index (χ3n) is 1.77. The van der Waals surface area contributed by atoms with E-state index in [4.69, 9.17) is 20.6 Å². The van der Waals surface area contributed by atoms with Crippen LogP contribution in [0.25, 0.3) is 0 Å². The Balaban J connectivity index is 2.53. The van der Waals surface area contributed by atoms with Gasteiger partial charge in [-0.15, -0.1) is 0 Å². The molecule has 0 unspecified atom stereocenters. The van der Waals surface area contributed by atoms with Crippen LogP contribution >= 0.6 is 20.0 Å². The van der Waals surface area contributed by atoms with E-state index < -0.39 is 8.38 Å². The maximum absolute atomic E-state index is 5.81. The summed E-state index contributed by atoms with van der Waals surface area (Å²) < 4.78 is 11.1. The SMILES string of the molecule is CCOP(Cc1ccc(Cl)cc1)OCC. The lowest BCUT2D eigenvalue weighted by atomic mass is 10.2. The fraction of sp³-hybridized carbons (Fsp3) is 0.455. The highest BCUT2D eigenvalue weighted by Gasteiger charge is 2.09. The summed E-state index contributed by atoms with van der Waals surface area (Å²) in [5.41, 5.74) is 1.20. The van der Waals surface area contributed by atoms with Crippen molar-refractivity contribution in [1.29, 1.82) is 0 Å². The Kier molecular flexibility index (Phi) is 6.19. The average molecular weight is 247 g/mol. The minimum Gasteiger partial charge on any atom is -0.334 e. The fourth-order valence-electron chi connectivity index (χ4n) is 1.16. The largest absolute Gasteiger partial charge is 0.334 e. The number of hydrogen-bond donors (Lipinski definition) is 0. The maximum atomic E-state index is 5.81. The van der Waals surface area contributed by atoms with E-state index in [1.54, 1.807) is 0 Å². The second-order valence-electron chi connectivity index (χ2n) is 2.95. The Labute approximate surface area is 97.5 Å². The molecule has 2 nitrogen and oxygen atoms in total. The first-order valence-electron chi connectivity index (χ1n) is 5.04. The van der Waals surface area contributed by atoms with Gasteiger partial charge in [0, 0.05) is 11.2 Å². The minimum absolute atomic E-state index is 0.694. The van der Waals surface area contributed by atoms with Crippen LogP contribution in [-0.4, -0.2) is 13.2 Å². The molecule has 0 N–H and O–H groups in total. The molecule has 0 fully saturated rings.